The summed E-state index contributed by atoms with van der Waals surface area (Å²) in [6, 6.07) is 18.3. The first-order valence-electron chi connectivity index (χ1n) is 11.4. The molecule has 4 aromatic rings. The zero-order valence-electron chi connectivity index (χ0n) is 19.1. The van der Waals surface area contributed by atoms with E-state index < -0.39 is 0 Å². The molecule has 3 heterocycles. The standard InChI is InChI=1S/C26H28N6O/c1-18-5-3-4-6-24(18)32-19(2)26(29-30-32)25(33)16-22-9-8-21-15-20(7-10-23(21)28-22)17-31-13-11-27-12-14-31/h3-10,15,27H,11-14,16-17H2,1-2H3. The normalized spacial score (nSPS) is 14.6. The Morgan fingerprint density at radius 2 is 1.85 bits per heavy atom. The maximum absolute atomic E-state index is 13.0. The molecule has 0 aliphatic carbocycles. The largest absolute Gasteiger partial charge is 0.314 e. The zero-order valence-corrected chi connectivity index (χ0v) is 19.1. The molecular formula is C26H28N6O. The van der Waals surface area contributed by atoms with Gasteiger partial charge in [-0.3, -0.25) is 14.7 Å². The summed E-state index contributed by atoms with van der Waals surface area (Å²) in [5, 5.41) is 12.9. The fourth-order valence-corrected chi connectivity index (χ4v) is 4.41. The van der Waals surface area contributed by atoms with E-state index in [1.165, 1.54) is 5.56 Å². The van der Waals surface area contributed by atoms with Crippen LogP contribution in [0.25, 0.3) is 16.6 Å². The highest BCUT2D eigenvalue weighted by molar-refractivity contribution is 5.96. The summed E-state index contributed by atoms with van der Waals surface area (Å²) in [6.07, 6.45) is 0.200. The van der Waals surface area contributed by atoms with Crippen molar-refractivity contribution in [2.24, 2.45) is 0 Å². The average Bonchev–Trinajstić information content (AvgIpc) is 3.21. The number of hydrogen-bond donors (Lipinski definition) is 1. The molecule has 7 nitrogen and oxygen atoms in total. The number of ketones is 1. The van der Waals surface area contributed by atoms with E-state index in [-0.39, 0.29) is 12.2 Å². The number of pyridine rings is 1. The SMILES string of the molecule is Cc1ccccc1-n1nnc(C(=O)Cc2ccc3cc(CN4CCNCC4)ccc3n2)c1C. The molecule has 0 bridgehead atoms. The van der Waals surface area contributed by atoms with Crippen molar-refractivity contribution >= 4 is 16.7 Å². The fourth-order valence-electron chi connectivity index (χ4n) is 4.41. The lowest BCUT2D eigenvalue weighted by Crippen LogP contribution is -2.42. The van der Waals surface area contributed by atoms with E-state index in [1.54, 1.807) is 4.68 Å². The van der Waals surface area contributed by atoms with Gasteiger partial charge in [0.05, 0.1) is 23.3 Å². The van der Waals surface area contributed by atoms with Gasteiger partial charge in [0.15, 0.2) is 11.5 Å². The van der Waals surface area contributed by atoms with Crippen molar-refractivity contribution in [1.29, 1.82) is 0 Å². The summed E-state index contributed by atoms with van der Waals surface area (Å²) in [4.78, 5) is 20.2. The molecule has 1 saturated heterocycles. The smallest absolute Gasteiger partial charge is 0.190 e. The lowest BCUT2D eigenvalue weighted by atomic mass is 10.1. The van der Waals surface area contributed by atoms with Gasteiger partial charge < -0.3 is 5.32 Å². The number of aryl methyl sites for hydroxylation is 1. The molecule has 0 unspecified atom stereocenters. The molecule has 1 fully saturated rings. The zero-order chi connectivity index (χ0) is 22.8. The summed E-state index contributed by atoms with van der Waals surface area (Å²) in [7, 11) is 0. The Kier molecular flexibility index (Phi) is 5.98. The Labute approximate surface area is 193 Å². The number of carbonyl (C=O) groups excluding carboxylic acids is 1. The minimum absolute atomic E-state index is 0.0745. The Bertz CT molecular complexity index is 1310. The van der Waals surface area contributed by atoms with Crippen LogP contribution in [0.15, 0.2) is 54.6 Å². The van der Waals surface area contributed by atoms with Gasteiger partial charge in [-0.2, -0.15) is 0 Å². The maximum Gasteiger partial charge on any atom is 0.190 e. The predicted octanol–water partition coefficient (Wildman–Crippen LogP) is 3.26. The van der Waals surface area contributed by atoms with Crippen molar-refractivity contribution < 1.29 is 4.79 Å². The van der Waals surface area contributed by atoms with E-state index >= 15 is 0 Å². The van der Waals surface area contributed by atoms with Crippen LogP contribution >= 0.6 is 0 Å². The molecule has 2 aromatic carbocycles. The highest BCUT2D eigenvalue weighted by atomic mass is 16.1. The highest BCUT2D eigenvalue weighted by Crippen LogP contribution is 2.19. The van der Waals surface area contributed by atoms with Gasteiger partial charge in [-0.25, -0.2) is 4.68 Å². The lowest BCUT2D eigenvalue weighted by molar-refractivity contribution is 0.0986. The van der Waals surface area contributed by atoms with E-state index in [0.717, 1.165) is 66.3 Å². The van der Waals surface area contributed by atoms with Crippen LogP contribution in [0.1, 0.15) is 33.0 Å². The first kappa shape index (κ1) is 21.4. The average molecular weight is 441 g/mol. The summed E-state index contributed by atoms with van der Waals surface area (Å²) >= 11 is 0. The van der Waals surface area contributed by atoms with Crippen LogP contribution in [0, 0.1) is 13.8 Å². The Balaban J connectivity index is 1.32. The van der Waals surface area contributed by atoms with E-state index in [1.807, 2.05) is 44.2 Å². The van der Waals surface area contributed by atoms with E-state index in [2.05, 4.69) is 44.8 Å². The third-order valence-electron chi connectivity index (χ3n) is 6.27. The Hall–Kier alpha value is -3.42. The molecule has 168 valence electrons. The van der Waals surface area contributed by atoms with Gasteiger partial charge in [0.1, 0.15) is 0 Å². The summed E-state index contributed by atoms with van der Waals surface area (Å²) < 4.78 is 1.73. The summed E-state index contributed by atoms with van der Waals surface area (Å²) in [5.41, 5.74) is 6.09. The number of Topliss-reactive ketones (excluding diaryl/α,β-unsaturated/α-hetero) is 1. The number of carbonyl (C=O) groups is 1. The molecule has 0 amide bonds. The van der Waals surface area contributed by atoms with Gasteiger partial charge in [-0.1, -0.05) is 35.5 Å². The number of para-hydroxylation sites is 1. The van der Waals surface area contributed by atoms with Crippen molar-refractivity contribution in [2.45, 2.75) is 26.8 Å². The van der Waals surface area contributed by atoms with Crippen molar-refractivity contribution in [1.82, 2.24) is 30.2 Å². The topological polar surface area (TPSA) is 75.9 Å². The van der Waals surface area contributed by atoms with E-state index in [4.69, 9.17) is 4.98 Å². The van der Waals surface area contributed by atoms with Crippen LogP contribution in [0.4, 0.5) is 0 Å². The number of hydrogen-bond acceptors (Lipinski definition) is 6. The molecule has 0 atom stereocenters. The first-order chi connectivity index (χ1) is 16.1. The van der Waals surface area contributed by atoms with E-state index in [0.29, 0.717) is 5.69 Å². The molecule has 1 aliphatic heterocycles. The van der Waals surface area contributed by atoms with Crippen molar-refractivity contribution in [3.63, 3.8) is 0 Å². The van der Waals surface area contributed by atoms with E-state index in [9.17, 15) is 4.79 Å². The number of aromatic nitrogens is 4. The molecule has 1 N–H and O–H groups in total. The molecule has 5 rings (SSSR count). The van der Waals surface area contributed by atoms with Crippen LogP contribution in [0.3, 0.4) is 0 Å². The number of piperazine rings is 1. The number of rotatable bonds is 6. The quantitative estimate of drug-likeness (QED) is 0.464. The third-order valence-corrected chi connectivity index (χ3v) is 6.27. The maximum atomic E-state index is 13.0. The molecule has 33 heavy (non-hydrogen) atoms. The molecule has 1 aliphatic rings. The Morgan fingerprint density at radius 1 is 1.03 bits per heavy atom. The van der Waals surface area contributed by atoms with Crippen LogP contribution in [-0.4, -0.2) is 56.8 Å². The molecule has 7 heteroatoms. The molecule has 0 saturated carbocycles. The van der Waals surface area contributed by atoms with Crippen molar-refractivity contribution in [3.8, 4) is 5.69 Å². The van der Waals surface area contributed by atoms with Crippen LogP contribution in [-0.2, 0) is 13.0 Å². The highest BCUT2D eigenvalue weighted by Gasteiger charge is 2.19. The minimum atomic E-state index is -0.0745. The molecule has 0 radical (unpaired) electrons. The number of nitrogens with zero attached hydrogens (tertiary/aromatic N) is 5. The molecular weight excluding hydrogens is 412 g/mol. The van der Waals surface area contributed by atoms with Crippen LogP contribution in [0.2, 0.25) is 0 Å². The summed E-state index contributed by atoms with van der Waals surface area (Å²) in [5.74, 6) is -0.0745. The third kappa shape index (κ3) is 4.55. The summed E-state index contributed by atoms with van der Waals surface area (Å²) in [6.45, 7) is 9.10. The van der Waals surface area contributed by atoms with Gasteiger partial charge in [0.2, 0.25) is 0 Å². The molecule has 0 spiro atoms. The Morgan fingerprint density at radius 3 is 2.67 bits per heavy atom. The molecule has 2 aromatic heterocycles. The van der Waals surface area contributed by atoms with Gasteiger partial charge in [0.25, 0.3) is 0 Å². The van der Waals surface area contributed by atoms with Crippen LogP contribution in [0.5, 0.6) is 0 Å². The second-order valence-corrected chi connectivity index (χ2v) is 8.68. The second-order valence-electron chi connectivity index (χ2n) is 8.68. The van der Waals surface area contributed by atoms with Gasteiger partial charge in [-0.05, 0) is 49.2 Å². The monoisotopic (exact) mass is 440 g/mol. The van der Waals surface area contributed by atoms with Crippen molar-refractivity contribution in [3.05, 3.63) is 82.8 Å². The fraction of sp³-hybridized carbons (Fsp3) is 0.308. The van der Waals surface area contributed by atoms with Gasteiger partial charge >= 0.3 is 0 Å². The van der Waals surface area contributed by atoms with Gasteiger partial charge in [-0.15, -0.1) is 5.10 Å². The van der Waals surface area contributed by atoms with Crippen molar-refractivity contribution in [2.75, 3.05) is 26.2 Å². The van der Waals surface area contributed by atoms with Gasteiger partial charge in [0, 0.05) is 43.8 Å². The van der Waals surface area contributed by atoms with Crippen LogP contribution < -0.4 is 5.32 Å². The predicted molar refractivity (Wildman–Crippen MR) is 129 cm³/mol. The second kappa shape index (κ2) is 9.21. The number of fused-ring (bicyclic) bond motifs is 1. The lowest BCUT2D eigenvalue weighted by Gasteiger charge is -2.27. The number of nitrogens with one attached hydrogen (secondary N) is 1. The number of benzene rings is 2. The minimum Gasteiger partial charge on any atom is -0.314 e. The first-order valence-corrected chi connectivity index (χ1v) is 11.4.